The van der Waals surface area contributed by atoms with Crippen LogP contribution in [0.2, 0.25) is 0 Å². The third-order valence-electron chi connectivity index (χ3n) is 3.47. The first-order chi connectivity index (χ1) is 11.9. The Balaban J connectivity index is 1.74. The summed E-state index contributed by atoms with van der Waals surface area (Å²) in [5.74, 6) is -2.24. The van der Waals surface area contributed by atoms with Crippen molar-refractivity contribution in [2.24, 2.45) is 0 Å². The van der Waals surface area contributed by atoms with Crippen LogP contribution in [0.5, 0.6) is 0 Å². The van der Waals surface area contributed by atoms with Crippen LogP contribution >= 0.6 is 0 Å². The van der Waals surface area contributed by atoms with E-state index in [4.69, 9.17) is 9.15 Å². The van der Waals surface area contributed by atoms with Crippen LogP contribution in [-0.2, 0) is 4.74 Å². The highest BCUT2D eigenvalue weighted by Gasteiger charge is 2.20. The summed E-state index contributed by atoms with van der Waals surface area (Å²) in [4.78, 5) is 12.0. The average molecular weight is 344 g/mol. The van der Waals surface area contributed by atoms with Gasteiger partial charge in [-0.1, -0.05) is 17.7 Å². The number of carbonyl (C=O) groups is 1. The van der Waals surface area contributed by atoms with Crippen LogP contribution in [0.25, 0.3) is 11.5 Å². The lowest BCUT2D eigenvalue weighted by Gasteiger charge is -2.09. The molecule has 7 heteroatoms. The fourth-order valence-electron chi connectivity index (χ4n) is 2.16. The highest BCUT2D eigenvalue weighted by Crippen LogP contribution is 2.23. The molecule has 0 spiro atoms. The Morgan fingerprint density at radius 3 is 2.36 bits per heavy atom. The summed E-state index contributed by atoms with van der Waals surface area (Å²) in [6.07, 6.45) is -0.870. The molecule has 0 aliphatic carbocycles. The molecule has 1 heterocycles. The zero-order chi connectivity index (χ0) is 18.0. The van der Waals surface area contributed by atoms with Gasteiger partial charge in [0.1, 0.15) is 11.6 Å². The fourth-order valence-corrected chi connectivity index (χ4v) is 2.16. The molecule has 25 heavy (non-hydrogen) atoms. The van der Waals surface area contributed by atoms with Gasteiger partial charge in [-0.05, 0) is 38.1 Å². The predicted molar refractivity (Wildman–Crippen MR) is 84.7 cm³/mol. The van der Waals surface area contributed by atoms with Gasteiger partial charge in [0.05, 0.1) is 5.56 Å². The van der Waals surface area contributed by atoms with Crippen molar-refractivity contribution in [3.8, 4) is 11.5 Å². The van der Waals surface area contributed by atoms with Gasteiger partial charge in [0.15, 0.2) is 6.10 Å². The van der Waals surface area contributed by atoms with Gasteiger partial charge >= 0.3 is 5.97 Å². The summed E-state index contributed by atoms with van der Waals surface area (Å²) < 4.78 is 37.0. The lowest BCUT2D eigenvalue weighted by Crippen LogP contribution is -2.10. The highest BCUT2D eigenvalue weighted by molar-refractivity contribution is 5.89. The van der Waals surface area contributed by atoms with Crippen LogP contribution in [0.15, 0.2) is 46.9 Å². The minimum absolute atomic E-state index is 0.0841. The van der Waals surface area contributed by atoms with E-state index in [0.29, 0.717) is 6.07 Å². The molecule has 0 saturated carbocycles. The maximum absolute atomic E-state index is 13.2. The Labute approximate surface area is 142 Å². The monoisotopic (exact) mass is 344 g/mol. The van der Waals surface area contributed by atoms with Gasteiger partial charge in [-0.3, -0.25) is 0 Å². The average Bonchev–Trinajstić information content (AvgIpc) is 3.04. The second kappa shape index (κ2) is 6.80. The van der Waals surface area contributed by atoms with Crippen molar-refractivity contribution in [3.05, 3.63) is 71.1 Å². The SMILES string of the molecule is Cc1ccc(-c2nnc([C@@H](C)OC(=O)c3cc(F)cc(F)c3)o2)cc1. The molecule has 0 aliphatic rings. The molecule has 0 saturated heterocycles. The molecule has 0 aliphatic heterocycles. The number of aryl methyl sites for hydroxylation is 1. The first kappa shape index (κ1) is 16.8. The van der Waals surface area contributed by atoms with E-state index in [2.05, 4.69) is 10.2 Å². The van der Waals surface area contributed by atoms with E-state index < -0.39 is 23.7 Å². The zero-order valence-electron chi connectivity index (χ0n) is 13.5. The summed E-state index contributed by atoms with van der Waals surface area (Å²) in [5.41, 5.74) is 1.59. The molecule has 0 N–H and O–H groups in total. The molecule has 0 radical (unpaired) electrons. The quantitative estimate of drug-likeness (QED) is 0.662. The topological polar surface area (TPSA) is 65.2 Å². The lowest BCUT2D eigenvalue weighted by atomic mass is 10.1. The molecule has 0 unspecified atom stereocenters. The Kier molecular flexibility index (Phi) is 4.56. The molecule has 128 valence electrons. The van der Waals surface area contributed by atoms with E-state index in [1.165, 1.54) is 6.92 Å². The molecular formula is C18H14F2N2O3. The van der Waals surface area contributed by atoms with Crippen LogP contribution in [0.1, 0.15) is 34.8 Å². The van der Waals surface area contributed by atoms with Crippen LogP contribution < -0.4 is 0 Å². The number of hydrogen-bond acceptors (Lipinski definition) is 5. The minimum atomic E-state index is -0.888. The molecule has 0 fully saturated rings. The largest absolute Gasteiger partial charge is 0.449 e. The Hall–Kier alpha value is -3.09. The number of nitrogens with zero attached hydrogens (tertiary/aromatic N) is 2. The van der Waals surface area contributed by atoms with Crippen molar-refractivity contribution in [1.82, 2.24) is 10.2 Å². The van der Waals surface area contributed by atoms with Gasteiger partial charge in [-0.2, -0.15) is 0 Å². The number of benzene rings is 2. The van der Waals surface area contributed by atoms with Crippen LogP contribution in [0.3, 0.4) is 0 Å². The van der Waals surface area contributed by atoms with Crippen molar-refractivity contribution in [2.75, 3.05) is 0 Å². The number of carbonyl (C=O) groups excluding carboxylic acids is 1. The molecule has 1 atom stereocenters. The molecule has 3 aromatic rings. The summed E-state index contributed by atoms with van der Waals surface area (Å²) in [5, 5.41) is 7.77. The number of esters is 1. The second-order valence-corrected chi connectivity index (χ2v) is 5.52. The molecule has 5 nitrogen and oxygen atoms in total. The standard InChI is InChI=1S/C18H14F2N2O3/c1-10-3-5-12(6-4-10)17-22-21-16(25-17)11(2)24-18(23)13-7-14(19)9-15(20)8-13/h3-9,11H,1-2H3/t11-/m1/s1. The van der Waals surface area contributed by atoms with E-state index in [-0.39, 0.29) is 17.3 Å². The molecule has 1 aromatic heterocycles. The third-order valence-corrected chi connectivity index (χ3v) is 3.47. The summed E-state index contributed by atoms with van der Waals surface area (Å²) in [7, 11) is 0. The molecule has 0 amide bonds. The van der Waals surface area contributed by atoms with Gasteiger partial charge in [0.2, 0.25) is 5.89 Å². The van der Waals surface area contributed by atoms with Gasteiger partial charge in [0.25, 0.3) is 5.89 Å². The van der Waals surface area contributed by atoms with Crippen LogP contribution in [-0.4, -0.2) is 16.2 Å². The molecule has 3 rings (SSSR count). The maximum atomic E-state index is 13.2. The lowest BCUT2D eigenvalue weighted by molar-refractivity contribution is 0.0278. The third kappa shape index (κ3) is 3.88. The van der Waals surface area contributed by atoms with E-state index in [9.17, 15) is 13.6 Å². The van der Waals surface area contributed by atoms with E-state index in [0.717, 1.165) is 23.3 Å². The maximum Gasteiger partial charge on any atom is 0.339 e. The van der Waals surface area contributed by atoms with Gasteiger partial charge < -0.3 is 9.15 Å². The molecule has 0 bridgehead atoms. The number of hydrogen-bond donors (Lipinski definition) is 0. The first-order valence-corrected chi connectivity index (χ1v) is 7.50. The van der Waals surface area contributed by atoms with Crippen molar-refractivity contribution in [1.29, 1.82) is 0 Å². The molecule has 2 aromatic carbocycles. The first-order valence-electron chi connectivity index (χ1n) is 7.50. The van der Waals surface area contributed by atoms with Gasteiger partial charge in [0, 0.05) is 11.6 Å². The van der Waals surface area contributed by atoms with Gasteiger partial charge in [-0.25, -0.2) is 13.6 Å². The Bertz CT molecular complexity index is 887. The Morgan fingerprint density at radius 1 is 1.08 bits per heavy atom. The number of rotatable bonds is 4. The van der Waals surface area contributed by atoms with Crippen LogP contribution in [0.4, 0.5) is 8.78 Å². The summed E-state index contributed by atoms with van der Waals surface area (Å²) in [6.45, 7) is 3.49. The van der Waals surface area contributed by atoms with E-state index in [1.807, 2.05) is 31.2 Å². The van der Waals surface area contributed by atoms with Crippen molar-refractivity contribution < 1.29 is 22.7 Å². The smallest absolute Gasteiger partial charge is 0.339 e. The second-order valence-electron chi connectivity index (χ2n) is 5.52. The summed E-state index contributed by atoms with van der Waals surface area (Å²) in [6, 6.07) is 9.93. The normalized spacial score (nSPS) is 12.0. The van der Waals surface area contributed by atoms with Crippen molar-refractivity contribution >= 4 is 5.97 Å². The predicted octanol–water partition coefficient (Wildman–Crippen LogP) is 4.24. The van der Waals surface area contributed by atoms with Gasteiger partial charge in [-0.15, -0.1) is 10.2 Å². The summed E-state index contributed by atoms with van der Waals surface area (Å²) >= 11 is 0. The fraction of sp³-hybridized carbons (Fsp3) is 0.167. The van der Waals surface area contributed by atoms with E-state index in [1.54, 1.807) is 0 Å². The number of aromatic nitrogens is 2. The zero-order valence-corrected chi connectivity index (χ0v) is 13.5. The Morgan fingerprint density at radius 2 is 1.72 bits per heavy atom. The minimum Gasteiger partial charge on any atom is -0.449 e. The van der Waals surface area contributed by atoms with Crippen LogP contribution in [0, 0.1) is 18.6 Å². The number of ether oxygens (including phenoxy) is 1. The van der Waals surface area contributed by atoms with Crippen molar-refractivity contribution in [2.45, 2.75) is 20.0 Å². The highest BCUT2D eigenvalue weighted by atomic mass is 19.1. The number of halogens is 2. The van der Waals surface area contributed by atoms with Crippen molar-refractivity contribution in [3.63, 3.8) is 0 Å². The van der Waals surface area contributed by atoms with E-state index >= 15 is 0 Å². The molecular weight excluding hydrogens is 330 g/mol.